The van der Waals surface area contributed by atoms with Gasteiger partial charge in [-0.1, -0.05) is 41.9 Å². The van der Waals surface area contributed by atoms with Gasteiger partial charge in [0.25, 0.3) is 11.8 Å². The van der Waals surface area contributed by atoms with Crippen LogP contribution in [0.25, 0.3) is 0 Å². The minimum Gasteiger partial charge on any atom is -0.459 e. The molecule has 2 aromatic carbocycles. The highest BCUT2D eigenvalue weighted by molar-refractivity contribution is 6.31. The molecule has 1 atom stereocenters. The second-order valence-corrected chi connectivity index (χ2v) is 6.16. The van der Waals surface area contributed by atoms with E-state index in [9.17, 15) is 9.59 Å². The molecule has 2 amide bonds. The first-order valence-corrected chi connectivity index (χ1v) is 8.42. The van der Waals surface area contributed by atoms with Crippen LogP contribution in [-0.4, -0.2) is 11.8 Å². The smallest absolute Gasteiger partial charge is 0.291 e. The molecule has 3 aromatic rings. The molecule has 0 saturated heterocycles. The van der Waals surface area contributed by atoms with Gasteiger partial charge in [0.15, 0.2) is 5.76 Å². The molecule has 0 aliphatic rings. The number of hydrogen-bond acceptors (Lipinski definition) is 3. The summed E-state index contributed by atoms with van der Waals surface area (Å²) in [5, 5.41) is 6.00. The quantitative estimate of drug-likeness (QED) is 0.687. The van der Waals surface area contributed by atoms with Crippen molar-refractivity contribution in [3.05, 3.63) is 88.8 Å². The van der Waals surface area contributed by atoms with Gasteiger partial charge in [0.2, 0.25) is 0 Å². The van der Waals surface area contributed by atoms with Crippen LogP contribution >= 0.6 is 11.6 Å². The lowest BCUT2D eigenvalue weighted by Crippen LogP contribution is -2.28. The minimum absolute atomic E-state index is 0.156. The van der Waals surface area contributed by atoms with Gasteiger partial charge in [-0.25, -0.2) is 0 Å². The Balaban J connectivity index is 1.81. The van der Waals surface area contributed by atoms with E-state index in [-0.39, 0.29) is 23.3 Å². The van der Waals surface area contributed by atoms with Crippen molar-refractivity contribution in [2.24, 2.45) is 0 Å². The van der Waals surface area contributed by atoms with Crippen molar-refractivity contribution in [2.45, 2.75) is 13.0 Å². The number of hydrogen-bond donors (Lipinski definition) is 2. The molecule has 0 spiro atoms. The Morgan fingerprint density at radius 3 is 2.46 bits per heavy atom. The molecule has 1 unspecified atom stereocenters. The highest BCUT2D eigenvalue weighted by Crippen LogP contribution is 2.23. The third-order valence-electron chi connectivity index (χ3n) is 3.87. The topological polar surface area (TPSA) is 71.3 Å². The fraction of sp³-hybridized carbons (Fsp3) is 0.100. The van der Waals surface area contributed by atoms with Crippen LogP contribution < -0.4 is 10.6 Å². The van der Waals surface area contributed by atoms with Gasteiger partial charge in [0.1, 0.15) is 0 Å². The Hall–Kier alpha value is -3.05. The SMILES string of the molecule is CC(NC(=O)c1cc(Cl)ccc1NC(=O)c1ccco1)c1ccccc1. The number of carbonyl (C=O) groups is 2. The summed E-state index contributed by atoms with van der Waals surface area (Å²) in [5.41, 5.74) is 1.61. The molecule has 0 radical (unpaired) electrons. The average molecular weight is 369 g/mol. The maximum Gasteiger partial charge on any atom is 0.291 e. The maximum absolute atomic E-state index is 12.7. The Kier molecular flexibility index (Phi) is 5.39. The Morgan fingerprint density at radius 2 is 1.77 bits per heavy atom. The van der Waals surface area contributed by atoms with Crippen LogP contribution in [0.2, 0.25) is 5.02 Å². The summed E-state index contributed by atoms with van der Waals surface area (Å²) in [6.07, 6.45) is 1.41. The highest BCUT2D eigenvalue weighted by atomic mass is 35.5. The van der Waals surface area contributed by atoms with Crippen molar-refractivity contribution >= 4 is 29.1 Å². The summed E-state index contributed by atoms with van der Waals surface area (Å²) in [5.74, 6) is -0.620. The van der Waals surface area contributed by atoms with Crippen molar-refractivity contribution in [1.82, 2.24) is 5.32 Å². The van der Waals surface area contributed by atoms with E-state index in [1.54, 1.807) is 24.3 Å². The summed E-state index contributed by atoms with van der Waals surface area (Å²) in [6, 6.07) is 17.3. The summed E-state index contributed by atoms with van der Waals surface area (Å²) < 4.78 is 5.08. The Morgan fingerprint density at radius 1 is 1.00 bits per heavy atom. The standard InChI is InChI=1S/C20H17ClN2O3/c1-13(14-6-3-2-4-7-14)22-19(24)16-12-15(21)9-10-17(16)23-20(25)18-8-5-11-26-18/h2-13H,1H3,(H,22,24)(H,23,25). The van der Waals surface area contributed by atoms with Crippen LogP contribution in [0.3, 0.4) is 0 Å². The molecule has 132 valence electrons. The van der Waals surface area contributed by atoms with Crippen LogP contribution in [-0.2, 0) is 0 Å². The number of rotatable bonds is 5. The summed E-state index contributed by atoms with van der Waals surface area (Å²) >= 11 is 6.04. The van der Waals surface area contributed by atoms with Crippen LogP contribution in [0.4, 0.5) is 5.69 Å². The number of furan rings is 1. The van der Waals surface area contributed by atoms with Crippen molar-refractivity contribution in [3.8, 4) is 0 Å². The minimum atomic E-state index is -0.442. The number of benzene rings is 2. The zero-order valence-electron chi connectivity index (χ0n) is 14.0. The molecule has 2 N–H and O–H groups in total. The van der Waals surface area contributed by atoms with Gasteiger partial charge >= 0.3 is 0 Å². The largest absolute Gasteiger partial charge is 0.459 e. The first-order valence-electron chi connectivity index (χ1n) is 8.05. The van der Waals surface area contributed by atoms with E-state index in [4.69, 9.17) is 16.0 Å². The molecule has 1 heterocycles. The van der Waals surface area contributed by atoms with Gasteiger partial charge in [0, 0.05) is 5.02 Å². The van der Waals surface area contributed by atoms with Crippen LogP contribution in [0, 0.1) is 0 Å². The molecule has 5 nitrogen and oxygen atoms in total. The lowest BCUT2D eigenvalue weighted by Gasteiger charge is -2.16. The predicted molar refractivity (Wildman–Crippen MR) is 100 cm³/mol. The molecule has 3 rings (SSSR count). The highest BCUT2D eigenvalue weighted by Gasteiger charge is 2.18. The van der Waals surface area contributed by atoms with E-state index in [1.807, 2.05) is 37.3 Å². The van der Waals surface area contributed by atoms with Crippen molar-refractivity contribution < 1.29 is 14.0 Å². The van der Waals surface area contributed by atoms with E-state index in [1.165, 1.54) is 12.3 Å². The zero-order chi connectivity index (χ0) is 18.5. The Labute approximate surface area is 156 Å². The lowest BCUT2D eigenvalue weighted by atomic mass is 10.1. The molecule has 26 heavy (non-hydrogen) atoms. The maximum atomic E-state index is 12.7. The van der Waals surface area contributed by atoms with Crippen molar-refractivity contribution in [1.29, 1.82) is 0 Å². The van der Waals surface area contributed by atoms with Crippen molar-refractivity contribution in [2.75, 3.05) is 5.32 Å². The number of carbonyl (C=O) groups excluding carboxylic acids is 2. The van der Waals surface area contributed by atoms with Gasteiger partial charge in [-0.3, -0.25) is 9.59 Å². The number of anilines is 1. The lowest BCUT2D eigenvalue weighted by molar-refractivity contribution is 0.0940. The fourth-order valence-corrected chi connectivity index (χ4v) is 2.68. The third kappa shape index (κ3) is 4.13. The number of halogens is 1. The van der Waals surface area contributed by atoms with Gasteiger partial charge in [-0.15, -0.1) is 0 Å². The van der Waals surface area contributed by atoms with E-state index in [2.05, 4.69) is 10.6 Å². The van der Waals surface area contributed by atoms with Gasteiger partial charge in [0.05, 0.1) is 23.6 Å². The second-order valence-electron chi connectivity index (χ2n) is 5.73. The normalized spacial score (nSPS) is 11.6. The molecule has 6 heteroatoms. The molecule has 1 aromatic heterocycles. The first kappa shape index (κ1) is 17.8. The predicted octanol–water partition coefficient (Wildman–Crippen LogP) is 4.68. The molecular formula is C20H17ClN2O3. The molecular weight excluding hydrogens is 352 g/mol. The second kappa shape index (κ2) is 7.89. The van der Waals surface area contributed by atoms with E-state index >= 15 is 0 Å². The average Bonchev–Trinajstić information content (AvgIpc) is 3.18. The van der Waals surface area contributed by atoms with Crippen LogP contribution in [0.5, 0.6) is 0 Å². The molecule has 0 saturated carbocycles. The van der Waals surface area contributed by atoms with E-state index in [0.29, 0.717) is 10.7 Å². The summed E-state index contributed by atoms with van der Waals surface area (Å²) in [6.45, 7) is 1.89. The molecule has 0 bridgehead atoms. The fourth-order valence-electron chi connectivity index (χ4n) is 2.50. The Bertz CT molecular complexity index is 908. The van der Waals surface area contributed by atoms with Crippen LogP contribution in [0.15, 0.2) is 71.3 Å². The van der Waals surface area contributed by atoms with Gasteiger partial charge < -0.3 is 15.1 Å². The number of nitrogens with one attached hydrogen (secondary N) is 2. The van der Waals surface area contributed by atoms with Gasteiger partial charge in [-0.05, 0) is 42.8 Å². The number of amides is 2. The van der Waals surface area contributed by atoms with E-state index < -0.39 is 5.91 Å². The molecule has 0 aliphatic carbocycles. The monoisotopic (exact) mass is 368 g/mol. The zero-order valence-corrected chi connectivity index (χ0v) is 14.8. The summed E-state index contributed by atoms with van der Waals surface area (Å²) in [4.78, 5) is 24.9. The van der Waals surface area contributed by atoms with Gasteiger partial charge in [-0.2, -0.15) is 0 Å². The van der Waals surface area contributed by atoms with Crippen LogP contribution in [0.1, 0.15) is 39.4 Å². The summed E-state index contributed by atoms with van der Waals surface area (Å²) in [7, 11) is 0. The first-order chi connectivity index (χ1) is 12.5. The third-order valence-corrected chi connectivity index (χ3v) is 4.10. The molecule has 0 aliphatic heterocycles. The van der Waals surface area contributed by atoms with Crippen molar-refractivity contribution in [3.63, 3.8) is 0 Å². The van der Waals surface area contributed by atoms with E-state index in [0.717, 1.165) is 5.56 Å². The molecule has 0 fully saturated rings.